The lowest BCUT2D eigenvalue weighted by Gasteiger charge is -2.22. The average Bonchev–Trinajstić information content (AvgIpc) is 2.94. The Hall–Kier alpha value is -2.03. The lowest BCUT2D eigenvalue weighted by molar-refractivity contribution is -0.118. The van der Waals surface area contributed by atoms with E-state index < -0.39 is 0 Å². The Kier molecular flexibility index (Phi) is 2.67. The average molecular weight is 240 g/mol. The van der Waals surface area contributed by atoms with Gasteiger partial charge >= 0.3 is 0 Å². The summed E-state index contributed by atoms with van der Waals surface area (Å²) in [7, 11) is 0. The third-order valence-electron chi connectivity index (χ3n) is 3.49. The number of hydrogen-bond acceptors (Lipinski definition) is 1. The van der Waals surface area contributed by atoms with E-state index in [1.165, 1.54) is 5.56 Å². The van der Waals surface area contributed by atoms with Crippen molar-refractivity contribution in [3.63, 3.8) is 0 Å². The molecule has 0 bridgehead atoms. The van der Waals surface area contributed by atoms with Crippen molar-refractivity contribution < 1.29 is 4.79 Å². The van der Waals surface area contributed by atoms with E-state index >= 15 is 0 Å². The van der Waals surface area contributed by atoms with Crippen LogP contribution in [-0.4, -0.2) is 16.9 Å². The van der Waals surface area contributed by atoms with Crippen molar-refractivity contribution in [3.8, 4) is 0 Å². The van der Waals surface area contributed by atoms with Crippen LogP contribution in [0.5, 0.6) is 0 Å². The molecule has 3 rings (SSSR count). The minimum atomic E-state index is 0.173. The van der Waals surface area contributed by atoms with E-state index in [1.807, 2.05) is 41.6 Å². The molecule has 1 amide bonds. The van der Waals surface area contributed by atoms with E-state index in [9.17, 15) is 4.79 Å². The number of rotatable bonds is 2. The fourth-order valence-electron chi connectivity index (χ4n) is 2.67. The second-order valence-electron chi connectivity index (χ2n) is 4.84. The molecular weight excluding hydrogens is 224 g/mol. The summed E-state index contributed by atoms with van der Waals surface area (Å²) in [5, 5.41) is 0. The number of aromatic amines is 1. The molecule has 0 saturated heterocycles. The van der Waals surface area contributed by atoms with Crippen molar-refractivity contribution in [1.29, 1.82) is 0 Å². The van der Waals surface area contributed by atoms with Crippen molar-refractivity contribution >= 4 is 11.6 Å². The fraction of sp³-hybridized carbons (Fsp3) is 0.267. The van der Waals surface area contributed by atoms with Gasteiger partial charge in [-0.2, -0.15) is 0 Å². The number of nitrogens with one attached hydrogen (secondary N) is 1. The van der Waals surface area contributed by atoms with Crippen LogP contribution in [0.25, 0.3) is 0 Å². The molecule has 1 aliphatic heterocycles. The maximum absolute atomic E-state index is 12.4. The Bertz CT molecular complexity index is 560. The normalized spacial score (nSPS) is 17.8. The van der Waals surface area contributed by atoms with Crippen LogP contribution in [0.1, 0.15) is 18.1 Å². The van der Waals surface area contributed by atoms with Gasteiger partial charge in [-0.3, -0.25) is 4.79 Å². The largest absolute Gasteiger partial charge is 0.367 e. The van der Waals surface area contributed by atoms with Crippen LogP contribution in [0.3, 0.4) is 0 Å². The molecule has 3 nitrogen and oxygen atoms in total. The summed E-state index contributed by atoms with van der Waals surface area (Å²) in [6, 6.07) is 10.4. The zero-order valence-electron chi connectivity index (χ0n) is 10.4. The van der Waals surface area contributed by atoms with Gasteiger partial charge in [0.1, 0.15) is 0 Å². The summed E-state index contributed by atoms with van der Waals surface area (Å²) in [6.45, 7) is 2.11. The van der Waals surface area contributed by atoms with Gasteiger partial charge in [-0.1, -0.05) is 18.2 Å². The molecule has 1 aromatic carbocycles. The number of hydrogen-bond donors (Lipinski definition) is 1. The predicted molar refractivity (Wildman–Crippen MR) is 71.6 cm³/mol. The number of fused-ring (bicyclic) bond motifs is 1. The summed E-state index contributed by atoms with van der Waals surface area (Å²) in [4.78, 5) is 17.3. The summed E-state index contributed by atoms with van der Waals surface area (Å²) < 4.78 is 0. The quantitative estimate of drug-likeness (QED) is 0.860. The minimum absolute atomic E-state index is 0.173. The summed E-state index contributed by atoms with van der Waals surface area (Å²) in [6.07, 6.45) is 5.14. The smallest absolute Gasteiger partial charge is 0.231 e. The highest BCUT2D eigenvalue weighted by Gasteiger charge is 2.30. The van der Waals surface area contributed by atoms with Gasteiger partial charge in [-0.15, -0.1) is 0 Å². The zero-order valence-corrected chi connectivity index (χ0v) is 10.4. The minimum Gasteiger partial charge on any atom is -0.367 e. The second kappa shape index (κ2) is 4.33. The van der Waals surface area contributed by atoms with E-state index in [-0.39, 0.29) is 11.9 Å². The molecule has 1 N–H and O–H groups in total. The standard InChI is InChI=1S/C15H16N2O/c1-11-8-13-4-2-3-5-14(13)17(11)15(18)9-12-6-7-16-10-12/h2-7,10-11,16H,8-9H2,1H3. The van der Waals surface area contributed by atoms with E-state index in [2.05, 4.69) is 18.0 Å². The number of carbonyl (C=O) groups is 1. The maximum atomic E-state index is 12.4. The van der Waals surface area contributed by atoms with Crippen molar-refractivity contribution in [1.82, 2.24) is 4.98 Å². The van der Waals surface area contributed by atoms with Gasteiger partial charge in [0.25, 0.3) is 0 Å². The summed E-state index contributed by atoms with van der Waals surface area (Å²) >= 11 is 0. The highest BCUT2D eigenvalue weighted by Crippen LogP contribution is 2.32. The molecule has 0 fully saturated rings. The first-order valence-corrected chi connectivity index (χ1v) is 6.27. The Morgan fingerprint density at radius 3 is 3.00 bits per heavy atom. The third kappa shape index (κ3) is 1.82. The van der Waals surface area contributed by atoms with Crippen LogP contribution in [0.2, 0.25) is 0 Å². The second-order valence-corrected chi connectivity index (χ2v) is 4.84. The zero-order chi connectivity index (χ0) is 12.5. The molecule has 92 valence electrons. The number of carbonyl (C=O) groups excluding carboxylic acids is 1. The van der Waals surface area contributed by atoms with Gasteiger partial charge in [0.15, 0.2) is 0 Å². The highest BCUT2D eigenvalue weighted by atomic mass is 16.2. The van der Waals surface area contributed by atoms with Gasteiger partial charge in [0.2, 0.25) is 5.91 Å². The number of amides is 1. The molecule has 18 heavy (non-hydrogen) atoms. The van der Waals surface area contributed by atoms with E-state index in [1.54, 1.807) is 0 Å². The van der Waals surface area contributed by atoms with Crippen molar-refractivity contribution in [2.75, 3.05) is 4.90 Å². The summed E-state index contributed by atoms with van der Waals surface area (Å²) in [5.41, 5.74) is 3.38. The van der Waals surface area contributed by atoms with Crippen LogP contribution in [0, 0.1) is 0 Å². The Morgan fingerprint density at radius 1 is 1.39 bits per heavy atom. The van der Waals surface area contributed by atoms with E-state index in [4.69, 9.17) is 0 Å². The highest BCUT2D eigenvalue weighted by molar-refractivity contribution is 5.97. The summed E-state index contributed by atoms with van der Waals surface area (Å²) in [5.74, 6) is 0.173. The maximum Gasteiger partial charge on any atom is 0.231 e. The molecule has 1 atom stereocenters. The number of para-hydroxylation sites is 1. The van der Waals surface area contributed by atoms with Gasteiger partial charge in [0, 0.05) is 24.1 Å². The van der Waals surface area contributed by atoms with Crippen molar-refractivity contribution in [2.24, 2.45) is 0 Å². The van der Waals surface area contributed by atoms with Crippen LogP contribution >= 0.6 is 0 Å². The number of anilines is 1. The first-order valence-electron chi connectivity index (χ1n) is 6.27. The molecule has 2 aromatic rings. The van der Waals surface area contributed by atoms with Gasteiger partial charge in [-0.05, 0) is 36.6 Å². The molecule has 0 radical (unpaired) electrons. The van der Waals surface area contributed by atoms with Gasteiger partial charge in [0.05, 0.1) is 6.42 Å². The van der Waals surface area contributed by atoms with Crippen LogP contribution in [0.4, 0.5) is 5.69 Å². The van der Waals surface area contributed by atoms with Gasteiger partial charge in [-0.25, -0.2) is 0 Å². The van der Waals surface area contributed by atoms with E-state index in [0.29, 0.717) is 6.42 Å². The van der Waals surface area contributed by atoms with Crippen LogP contribution < -0.4 is 4.90 Å². The Labute approximate surface area is 106 Å². The fourth-order valence-corrected chi connectivity index (χ4v) is 2.67. The molecule has 1 unspecified atom stereocenters. The lowest BCUT2D eigenvalue weighted by atomic mass is 10.1. The Morgan fingerprint density at radius 2 is 2.22 bits per heavy atom. The molecule has 0 saturated carbocycles. The number of nitrogens with zero attached hydrogens (tertiary/aromatic N) is 1. The number of H-pyrrole nitrogens is 1. The van der Waals surface area contributed by atoms with E-state index in [0.717, 1.165) is 17.7 Å². The van der Waals surface area contributed by atoms with Crippen molar-refractivity contribution in [2.45, 2.75) is 25.8 Å². The topological polar surface area (TPSA) is 36.1 Å². The molecule has 2 heterocycles. The molecule has 1 aliphatic rings. The number of benzene rings is 1. The van der Waals surface area contributed by atoms with Crippen molar-refractivity contribution in [3.05, 3.63) is 53.9 Å². The molecule has 1 aromatic heterocycles. The van der Waals surface area contributed by atoms with Crippen LogP contribution in [0.15, 0.2) is 42.7 Å². The molecule has 0 aliphatic carbocycles. The predicted octanol–water partition coefficient (Wildman–Crippen LogP) is 2.54. The molecular formula is C15H16N2O. The monoisotopic (exact) mass is 240 g/mol. The SMILES string of the molecule is CC1Cc2ccccc2N1C(=O)Cc1cc[nH]c1. The third-order valence-corrected chi connectivity index (χ3v) is 3.49. The first kappa shape index (κ1) is 11.1. The molecule has 0 spiro atoms. The molecule has 3 heteroatoms. The first-order chi connectivity index (χ1) is 8.75. The van der Waals surface area contributed by atoms with Gasteiger partial charge < -0.3 is 9.88 Å². The lowest BCUT2D eigenvalue weighted by Crippen LogP contribution is -2.36. The van der Waals surface area contributed by atoms with Crippen LogP contribution in [-0.2, 0) is 17.6 Å². The number of aromatic nitrogens is 1. The Balaban J connectivity index is 1.86.